The third kappa shape index (κ3) is 3.59. The Kier molecular flexibility index (Phi) is 4.70. The average molecular weight is 354 g/mol. The van der Waals surface area contributed by atoms with Gasteiger partial charge in [0, 0.05) is 31.0 Å². The maximum absolute atomic E-state index is 5.80. The Balaban J connectivity index is 1.93. The molecule has 0 fully saturated rings. The molecule has 2 N–H and O–H groups in total. The summed E-state index contributed by atoms with van der Waals surface area (Å²) in [5.41, 5.74) is 9.70. The molecule has 0 aliphatic carbocycles. The van der Waals surface area contributed by atoms with Crippen LogP contribution in [0.25, 0.3) is 0 Å². The first-order valence-electron chi connectivity index (χ1n) is 8.53. The van der Waals surface area contributed by atoms with Crippen LogP contribution in [0.5, 0.6) is 0 Å². The molecule has 0 unspecified atom stereocenters. The largest absolute Gasteiger partial charge is 0.384 e. The molecule has 4 heterocycles. The second-order valence-corrected chi connectivity index (χ2v) is 6.00. The molecule has 0 aliphatic rings. The highest BCUT2D eigenvalue weighted by atomic mass is 15.2. The molecule has 4 rings (SSSR count). The summed E-state index contributed by atoms with van der Waals surface area (Å²) in [7, 11) is 0. The molecule has 4 aromatic heterocycles. The summed E-state index contributed by atoms with van der Waals surface area (Å²) in [5, 5.41) is 0. The van der Waals surface area contributed by atoms with E-state index in [1.54, 1.807) is 30.9 Å². The summed E-state index contributed by atoms with van der Waals surface area (Å²) >= 11 is 0. The van der Waals surface area contributed by atoms with Gasteiger partial charge < -0.3 is 10.6 Å². The Morgan fingerprint density at radius 3 is 1.74 bits per heavy atom. The van der Waals surface area contributed by atoms with Crippen LogP contribution in [0.1, 0.15) is 17.2 Å². The van der Waals surface area contributed by atoms with Gasteiger partial charge in [0.25, 0.3) is 0 Å². The van der Waals surface area contributed by atoms with E-state index in [1.807, 2.05) is 48.9 Å². The lowest BCUT2D eigenvalue weighted by atomic mass is 9.98. The molecule has 0 saturated carbocycles. The molecule has 0 amide bonds. The Morgan fingerprint density at radius 1 is 0.667 bits per heavy atom. The van der Waals surface area contributed by atoms with E-state index < -0.39 is 0 Å². The fourth-order valence-corrected chi connectivity index (χ4v) is 3.05. The summed E-state index contributed by atoms with van der Waals surface area (Å²) < 4.78 is 0. The molecule has 0 aliphatic heterocycles. The SMILES string of the molecule is Nc1ccc(N(c2cccnc2)C(c2cccnc2)c2cccnc2)cn1. The van der Waals surface area contributed by atoms with Crippen LogP contribution in [0.3, 0.4) is 0 Å². The van der Waals surface area contributed by atoms with Crippen molar-refractivity contribution in [2.24, 2.45) is 0 Å². The quantitative estimate of drug-likeness (QED) is 0.587. The fraction of sp³-hybridized carbons (Fsp3) is 0.0476. The van der Waals surface area contributed by atoms with Crippen molar-refractivity contribution in [3.63, 3.8) is 0 Å². The van der Waals surface area contributed by atoms with Crippen LogP contribution in [0.4, 0.5) is 17.2 Å². The van der Waals surface area contributed by atoms with E-state index in [0.29, 0.717) is 5.82 Å². The van der Waals surface area contributed by atoms with Crippen LogP contribution in [0.2, 0.25) is 0 Å². The molecular weight excluding hydrogens is 336 g/mol. The Morgan fingerprint density at radius 2 is 1.26 bits per heavy atom. The molecule has 27 heavy (non-hydrogen) atoms. The van der Waals surface area contributed by atoms with Crippen LogP contribution in [-0.4, -0.2) is 19.9 Å². The lowest BCUT2D eigenvalue weighted by molar-refractivity contribution is 0.804. The smallest absolute Gasteiger partial charge is 0.123 e. The zero-order chi connectivity index (χ0) is 18.5. The number of nitrogen functional groups attached to an aromatic ring is 1. The molecule has 0 atom stereocenters. The van der Waals surface area contributed by atoms with Gasteiger partial charge in [-0.3, -0.25) is 15.0 Å². The molecule has 0 bridgehead atoms. The predicted octanol–water partition coefficient (Wildman–Crippen LogP) is 3.78. The van der Waals surface area contributed by atoms with E-state index in [9.17, 15) is 0 Å². The van der Waals surface area contributed by atoms with Crippen molar-refractivity contribution >= 4 is 17.2 Å². The van der Waals surface area contributed by atoms with Gasteiger partial charge in [0.2, 0.25) is 0 Å². The van der Waals surface area contributed by atoms with Gasteiger partial charge in [-0.05, 0) is 47.5 Å². The normalized spacial score (nSPS) is 10.7. The minimum Gasteiger partial charge on any atom is -0.384 e. The number of nitrogens with zero attached hydrogens (tertiary/aromatic N) is 5. The van der Waals surface area contributed by atoms with Crippen LogP contribution in [-0.2, 0) is 0 Å². The Hall–Kier alpha value is -3.80. The first kappa shape index (κ1) is 16.7. The molecule has 4 aromatic rings. The lowest BCUT2D eigenvalue weighted by Crippen LogP contribution is -2.25. The Bertz CT molecular complexity index is 936. The van der Waals surface area contributed by atoms with Gasteiger partial charge in [0.15, 0.2) is 0 Å². The maximum atomic E-state index is 5.80. The summed E-state index contributed by atoms with van der Waals surface area (Å²) in [6.07, 6.45) is 12.6. The molecule has 6 heteroatoms. The van der Waals surface area contributed by atoms with E-state index in [2.05, 4.69) is 37.0 Å². The van der Waals surface area contributed by atoms with Crippen molar-refractivity contribution in [2.75, 3.05) is 10.6 Å². The van der Waals surface area contributed by atoms with Crippen LogP contribution in [0.15, 0.2) is 91.9 Å². The zero-order valence-corrected chi connectivity index (χ0v) is 14.6. The first-order valence-corrected chi connectivity index (χ1v) is 8.53. The molecule has 0 spiro atoms. The molecule has 0 saturated heterocycles. The number of anilines is 3. The van der Waals surface area contributed by atoms with Crippen LogP contribution >= 0.6 is 0 Å². The van der Waals surface area contributed by atoms with Crippen molar-refractivity contribution in [1.29, 1.82) is 0 Å². The van der Waals surface area contributed by atoms with Crippen molar-refractivity contribution < 1.29 is 0 Å². The Labute approximate surface area is 157 Å². The second-order valence-electron chi connectivity index (χ2n) is 6.00. The summed E-state index contributed by atoms with van der Waals surface area (Å²) in [5.74, 6) is 0.476. The van der Waals surface area contributed by atoms with Crippen molar-refractivity contribution in [3.05, 3.63) is 103 Å². The van der Waals surface area contributed by atoms with E-state index in [-0.39, 0.29) is 6.04 Å². The topological polar surface area (TPSA) is 80.8 Å². The van der Waals surface area contributed by atoms with E-state index in [0.717, 1.165) is 22.5 Å². The lowest BCUT2D eigenvalue weighted by Gasteiger charge is -2.33. The third-order valence-corrected chi connectivity index (χ3v) is 4.23. The predicted molar refractivity (Wildman–Crippen MR) is 105 cm³/mol. The second kappa shape index (κ2) is 7.61. The third-order valence-electron chi connectivity index (χ3n) is 4.23. The first-order chi connectivity index (χ1) is 13.3. The number of aromatic nitrogens is 4. The molecule has 132 valence electrons. The maximum Gasteiger partial charge on any atom is 0.123 e. The molecule has 0 aromatic carbocycles. The van der Waals surface area contributed by atoms with E-state index in [1.165, 1.54) is 0 Å². The van der Waals surface area contributed by atoms with Gasteiger partial charge in [0.05, 0.1) is 29.8 Å². The summed E-state index contributed by atoms with van der Waals surface area (Å²) in [4.78, 5) is 19.4. The fourth-order valence-electron chi connectivity index (χ4n) is 3.05. The van der Waals surface area contributed by atoms with Gasteiger partial charge >= 0.3 is 0 Å². The van der Waals surface area contributed by atoms with Crippen molar-refractivity contribution in [2.45, 2.75) is 6.04 Å². The number of rotatable bonds is 5. The van der Waals surface area contributed by atoms with Gasteiger partial charge in [-0.2, -0.15) is 0 Å². The van der Waals surface area contributed by atoms with Crippen LogP contribution < -0.4 is 10.6 Å². The van der Waals surface area contributed by atoms with Crippen molar-refractivity contribution in [1.82, 2.24) is 19.9 Å². The van der Waals surface area contributed by atoms with Gasteiger partial charge in [-0.15, -0.1) is 0 Å². The van der Waals surface area contributed by atoms with E-state index in [4.69, 9.17) is 5.73 Å². The average Bonchev–Trinajstić information content (AvgIpc) is 2.75. The van der Waals surface area contributed by atoms with Crippen molar-refractivity contribution in [3.8, 4) is 0 Å². The number of hydrogen-bond donors (Lipinski definition) is 1. The van der Waals surface area contributed by atoms with Gasteiger partial charge in [-0.1, -0.05) is 12.1 Å². The molecular formula is C21H18N6. The monoisotopic (exact) mass is 354 g/mol. The summed E-state index contributed by atoms with van der Waals surface area (Å²) in [6, 6.07) is 15.5. The highest BCUT2D eigenvalue weighted by molar-refractivity contribution is 5.66. The number of hydrogen-bond acceptors (Lipinski definition) is 6. The molecule has 0 radical (unpaired) electrons. The minimum atomic E-state index is -0.151. The highest BCUT2D eigenvalue weighted by Gasteiger charge is 2.25. The molecule has 6 nitrogen and oxygen atoms in total. The number of nitrogens with two attached hydrogens (primary N) is 1. The van der Waals surface area contributed by atoms with E-state index >= 15 is 0 Å². The van der Waals surface area contributed by atoms with Crippen LogP contribution in [0, 0.1) is 0 Å². The zero-order valence-electron chi connectivity index (χ0n) is 14.6. The van der Waals surface area contributed by atoms with Gasteiger partial charge in [0.1, 0.15) is 5.82 Å². The minimum absolute atomic E-state index is 0.151. The summed E-state index contributed by atoms with van der Waals surface area (Å²) in [6.45, 7) is 0. The standard InChI is InChI=1S/C21H18N6/c22-20-8-7-19(15-26-20)27(18-6-3-11-25-14-18)21(16-4-1-9-23-12-16)17-5-2-10-24-13-17/h1-15,21H,(H2,22,26). The number of pyridine rings is 4. The highest BCUT2D eigenvalue weighted by Crippen LogP contribution is 2.38. The van der Waals surface area contributed by atoms with Gasteiger partial charge in [-0.25, -0.2) is 4.98 Å².